The van der Waals surface area contributed by atoms with Gasteiger partial charge in [-0.1, -0.05) is 48.5 Å². The molecule has 0 radical (unpaired) electrons. The minimum Gasteiger partial charge on any atom is -0.497 e. The molecule has 2 aromatic heterocycles. The average Bonchev–Trinajstić information content (AvgIpc) is 4.00. The van der Waals surface area contributed by atoms with Crippen molar-refractivity contribution >= 4 is 25.8 Å². The largest absolute Gasteiger partial charge is 0.497 e. The van der Waals surface area contributed by atoms with Gasteiger partial charge in [-0.05, 0) is 104 Å². The molecular formula is C48H57N7O9S2. The molecule has 1 unspecified atom stereocenters. The minimum atomic E-state index is -3.96. The quantitative estimate of drug-likeness (QED) is 0.0925. The Morgan fingerprint density at radius 2 is 0.909 bits per heavy atom. The summed E-state index contributed by atoms with van der Waals surface area (Å²) in [6.07, 6.45) is 3.03. The highest BCUT2D eigenvalue weighted by atomic mass is 32.2. The van der Waals surface area contributed by atoms with E-state index in [-0.39, 0.29) is 48.1 Å². The predicted molar refractivity (Wildman–Crippen MR) is 249 cm³/mol. The number of aromatic nitrogens is 4. The highest BCUT2D eigenvalue weighted by Crippen LogP contribution is 2.32. The summed E-state index contributed by atoms with van der Waals surface area (Å²) in [5.74, 6) is 2.76. The number of carbonyl (C=O) groups is 1. The number of hydrogen-bond donors (Lipinski definition) is 0. The van der Waals surface area contributed by atoms with Gasteiger partial charge in [0.05, 0.1) is 40.2 Å². The van der Waals surface area contributed by atoms with Crippen molar-refractivity contribution in [1.82, 2.24) is 33.1 Å². The van der Waals surface area contributed by atoms with E-state index in [0.717, 1.165) is 58.8 Å². The number of ether oxygens (including phenoxy) is 4. The lowest BCUT2D eigenvalue weighted by Crippen LogP contribution is -2.30. The van der Waals surface area contributed by atoms with E-state index in [1.165, 1.54) is 19.4 Å². The van der Waals surface area contributed by atoms with Gasteiger partial charge in [0.25, 0.3) is 20.0 Å². The molecule has 0 N–H and O–H groups in total. The molecule has 6 aromatic rings. The van der Waals surface area contributed by atoms with E-state index >= 15 is 0 Å². The van der Waals surface area contributed by atoms with Crippen LogP contribution in [0.2, 0.25) is 0 Å². The molecule has 0 saturated carbocycles. The molecule has 2 aliphatic heterocycles. The Balaban J connectivity index is 0.000000197. The molecule has 0 amide bonds. The Morgan fingerprint density at radius 3 is 1.27 bits per heavy atom. The molecule has 350 valence electrons. The minimum absolute atomic E-state index is 0.0814. The van der Waals surface area contributed by atoms with Crippen LogP contribution in [-0.2, 0) is 59.3 Å². The van der Waals surface area contributed by atoms with Crippen LogP contribution in [0.25, 0.3) is 0 Å². The molecule has 2 aliphatic rings. The summed E-state index contributed by atoms with van der Waals surface area (Å²) >= 11 is 0. The van der Waals surface area contributed by atoms with Crippen LogP contribution < -0.4 is 18.9 Å². The first-order valence-electron chi connectivity index (χ1n) is 21.6. The van der Waals surface area contributed by atoms with Gasteiger partial charge in [-0.25, -0.2) is 16.8 Å². The van der Waals surface area contributed by atoms with E-state index in [2.05, 4.69) is 15.1 Å². The lowest BCUT2D eigenvalue weighted by molar-refractivity contribution is 0.0951. The van der Waals surface area contributed by atoms with Crippen LogP contribution in [-0.4, -0.2) is 98.2 Å². The van der Waals surface area contributed by atoms with Crippen LogP contribution in [0.3, 0.4) is 0 Å². The molecule has 16 nitrogen and oxygen atoms in total. The zero-order valence-electron chi connectivity index (χ0n) is 38.2. The smallest absolute Gasteiger partial charge is 0.263 e. The van der Waals surface area contributed by atoms with Crippen molar-refractivity contribution in [3.8, 4) is 23.0 Å². The van der Waals surface area contributed by atoms with Gasteiger partial charge in [-0.15, -0.1) is 0 Å². The van der Waals surface area contributed by atoms with E-state index in [1.54, 1.807) is 58.8 Å². The van der Waals surface area contributed by atoms with Crippen molar-refractivity contribution in [2.45, 2.75) is 81.0 Å². The number of ketones is 1. The second-order valence-electron chi connectivity index (χ2n) is 16.3. The Morgan fingerprint density at radius 1 is 0.545 bits per heavy atom. The third-order valence-electron chi connectivity index (χ3n) is 11.7. The number of fused-ring (bicyclic) bond motifs is 2. The third-order valence-corrected chi connectivity index (χ3v) is 15.0. The molecular weight excluding hydrogens is 883 g/mol. The summed E-state index contributed by atoms with van der Waals surface area (Å²) in [5.41, 5.74) is 4.65. The van der Waals surface area contributed by atoms with E-state index in [0.29, 0.717) is 36.6 Å². The van der Waals surface area contributed by atoms with E-state index in [4.69, 9.17) is 18.9 Å². The molecule has 4 aromatic carbocycles. The molecule has 1 atom stereocenters. The Labute approximate surface area is 387 Å². The van der Waals surface area contributed by atoms with E-state index in [9.17, 15) is 21.6 Å². The molecule has 0 saturated heterocycles. The lowest BCUT2D eigenvalue weighted by atomic mass is 10.0. The summed E-state index contributed by atoms with van der Waals surface area (Å²) < 4.78 is 82.0. The van der Waals surface area contributed by atoms with Crippen molar-refractivity contribution in [2.24, 2.45) is 0 Å². The molecule has 0 fully saturated rings. The lowest BCUT2D eigenvalue weighted by Gasteiger charge is -2.28. The monoisotopic (exact) mass is 939 g/mol. The topological polar surface area (TPSA) is 168 Å². The Hall–Kier alpha value is -6.05. The Bertz CT molecular complexity index is 2690. The maximum Gasteiger partial charge on any atom is 0.263 e. The molecule has 4 heterocycles. The number of methoxy groups -OCH3 is 4. The van der Waals surface area contributed by atoms with Crippen molar-refractivity contribution in [3.63, 3.8) is 0 Å². The van der Waals surface area contributed by atoms with E-state index in [1.807, 2.05) is 91.6 Å². The summed E-state index contributed by atoms with van der Waals surface area (Å²) in [4.78, 5) is 14.3. The maximum absolute atomic E-state index is 13.9. The zero-order valence-corrected chi connectivity index (χ0v) is 39.8. The Kier molecular flexibility index (Phi) is 15.3. The molecule has 0 bridgehead atoms. The van der Waals surface area contributed by atoms with Gasteiger partial charge in [0.15, 0.2) is 15.8 Å². The second-order valence-corrected chi connectivity index (χ2v) is 20.1. The van der Waals surface area contributed by atoms with Gasteiger partial charge in [0.1, 0.15) is 28.7 Å². The van der Waals surface area contributed by atoms with Crippen molar-refractivity contribution in [3.05, 3.63) is 143 Å². The number of nitrogens with zero attached hydrogens (tertiary/aromatic N) is 7. The zero-order chi connectivity index (χ0) is 47.0. The maximum atomic E-state index is 13.9. The van der Waals surface area contributed by atoms with Crippen molar-refractivity contribution in [1.29, 1.82) is 0 Å². The van der Waals surface area contributed by atoms with Crippen LogP contribution in [0.15, 0.2) is 119 Å². The van der Waals surface area contributed by atoms with Gasteiger partial charge in [0, 0.05) is 57.8 Å². The number of hydrogen-bond acceptors (Lipinski definition) is 12. The number of Topliss-reactive ketones (excluding diaryl/α,β-unsaturated/α-hetero) is 1. The van der Waals surface area contributed by atoms with Gasteiger partial charge in [-0.3, -0.25) is 14.2 Å². The first-order valence-corrected chi connectivity index (χ1v) is 24.5. The van der Waals surface area contributed by atoms with E-state index < -0.39 is 20.0 Å². The first kappa shape index (κ1) is 47.9. The number of sulfonamides is 2. The van der Waals surface area contributed by atoms with Crippen molar-refractivity contribution < 1.29 is 40.6 Å². The molecule has 0 aliphatic carbocycles. The predicted octanol–water partition coefficient (Wildman–Crippen LogP) is 6.96. The van der Waals surface area contributed by atoms with Gasteiger partial charge in [0.2, 0.25) is 0 Å². The summed E-state index contributed by atoms with van der Waals surface area (Å²) in [7, 11) is 2.60. The average molecular weight is 940 g/mol. The van der Waals surface area contributed by atoms with Crippen LogP contribution in [0.4, 0.5) is 0 Å². The number of aryl methyl sites for hydroxylation is 2. The van der Waals surface area contributed by atoms with Gasteiger partial charge >= 0.3 is 0 Å². The molecule has 66 heavy (non-hydrogen) atoms. The van der Waals surface area contributed by atoms with Gasteiger partial charge < -0.3 is 23.8 Å². The van der Waals surface area contributed by atoms with Crippen LogP contribution in [0.5, 0.6) is 23.0 Å². The van der Waals surface area contributed by atoms with Crippen LogP contribution >= 0.6 is 0 Å². The van der Waals surface area contributed by atoms with Gasteiger partial charge in [-0.2, -0.15) is 18.8 Å². The fraction of sp³-hybridized carbons (Fsp3) is 0.354. The standard InChI is InChI=1S/C25H32N4O4S.C23H25N3O5S/c1-27(2)23-6-5-15-29-24(23)16-25(26-29)34(30,31)28(17-19-7-11-21(32-3)12-8-19)18-20-9-13-22(33-4)14-10-20;1-30-19-9-5-17(6-10-19)15-25(16-18-7-11-20(31-2)12-8-18)32(28,29)23-14-21-22(27)4-3-13-26(21)24-23/h7-14,16,23H,5-6,15,17-18H2,1-4H3;5-12,14H,3-4,13,15-16H2,1-2H3. The normalized spacial score (nSPS) is 14.9. The summed E-state index contributed by atoms with van der Waals surface area (Å²) in [5, 5.41) is 8.78. The molecule has 0 spiro atoms. The summed E-state index contributed by atoms with van der Waals surface area (Å²) in [6.45, 7) is 2.00. The highest BCUT2D eigenvalue weighted by molar-refractivity contribution is 7.89. The highest BCUT2D eigenvalue weighted by Gasteiger charge is 2.33. The SMILES string of the molecule is COc1ccc(CN(Cc2ccc(OC)cc2)S(=O)(=O)c2cc3n(n2)CCCC3=O)cc1.COc1ccc(CN(Cc2ccc(OC)cc2)S(=O)(=O)c2cc3n(n2)CCCC3N(C)C)cc1. The number of carbonyl (C=O) groups excluding carboxylic acids is 1. The van der Waals surface area contributed by atoms with Crippen LogP contribution in [0.1, 0.15) is 70.2 Å². The number of rotatable bonds is 17. The number of benzene rings is 4. The third kappa shape index (κ3) is 11.1. The summed E-state index contributed by atoms with van der Waals surface area (Å²) in [6, 6.07) is 32.7. The fourth-order valence-electron chi connectivity index (χ4n) is 7.97. The fourth-order valence-corrected chi connectivity index (χ4v) is 10.7. The van der Waals surface area contributed by atoms with Crippen molar-refractivity contribution in [2.75, 3.05) is 42.5 Å². The van der Waals surface area contributed by atoms with Crippen LogP contribution in [0, 0.1) is 0 Å². The molecule has 8 rings (SSSR count). The molecule has 18 heteroatoms. The first-order chi connectivity index (χ1) is 31.7. The second kappa shape index (κ2) is 21.1.